The van der Waals surface area contributed by atoms with Crippen molar-refractivity contribution >= 4 is 51.7 Å². The van der Waals surface area contributed by atoms with Crippen LogP contribution in [-0.4, -0.2) is 32.8 Å². The summed E-state index contributed by atoms with van der Waals surface area (Å²) in [5.74, 6) is -0.773. The molecule has 3 amide bonds. The first-order valence-corrected chi connectivity index (χ1v) is 9.86. The Morgan fingerprint density at radius 1 is 1.31 bits per heavy atom. The third-order valence-corrected chi connectivity index (χ3v) is 5.37. The van der Waals surface area contributed by atoms with E-state index in [2.05, 4.69) is 25.0 Å². The maximum atomic E-state index is 12.1. The van der Waals surface area contributed by atoms with Crippen LogP contribution in [0, 0.1) is 0 Å². The molecule has 2 heterocycles. The minimum Gasteiger partial charge on any atom is -0.472 e. The number of primary amides is 1. The first-order valence-electron chi connectivity index (χ1n) is 8.33. The van der Waals surface area contributed by atoms with Crippen molar-refractivity contribution in [2.24, 2.45) is 5.73 Å². The molecule has 0 saturated heterocycles. The molecule has 29 heavy (non-hydrogen) atoms. The maximum absolute atomic E-state index is 12.1. The van der Waals surface area contributed by atoms with Crippen LogP contribution in [0.3, 0.4) is 0 Å². The van der Waals surface area contributed by atoms with Gasteiger partial charge in [-0.3, -0.25) is 10.1 Å². The van der Waals surface area contributed by atoms with Crippen LogP contribution in [0.1, 0.15) is 21.6 Å². The van der Waals surface area contributed by atoms with E-state index in [0.29, 0.717) is 28.6 Å². The highest BCUT2D eigenvalue weighted by Gasteiger charge is 2.22. The fraction of sp³-hybridized carbons (Fsp3) is 0.176. The number of urea groups is 1. The van der Waals surface area contributed by atoms with Crippen molar-refractivity contribution in [3.63, 3.8) is 0 Å². The topological polar surface area (TPSA) is 135 Å². The Morgan fingerprint density at radius 2 is 2.14 bits per heavy atom. The van der Waals surface area contributed by atoms with Crippen molar-refractivity contribution in [3.8, 4) is 5.88 Å². The van der Waals surface area contributed by atoms with Gasteiger partial charge in [-0.25, -0.2) is 9.78 Å². The van der Waals surface area contributed by atoms with Crippen LogP contribution in [0.2, 0.25) is 10.0 Å². The highest BCUT2D eigenvalue weighted by Crippen LogP contribution is 2.32. The van der Waals surface area contributed by atoms with E-state index in [9.17, 15) is 9.59 Å². The van der Waals surface area contributed by atoms with Gasteiger partial charge in [0, 0.05) is 30.4 Å². The molecule has 9 nitrogen and oxygen atoms in total. The zero-order chi connectivity index (χ0) is 20.8. The lowest BCUT2D eigenvalue weighted by Crippen LogP contribution is -2.31. The van der Waals surface area contributed by atoms with Crippen LogP contribution in [0.15, 0.2) is 30.7 Å². The summed E-state index contributed by atoms with van der Waals surface area (Å²) >= 11 is 13.0. The lowest BCUT2D eigenvalue weighted by Gasteiger charge is -2.09. The van der Waals surface area contributed by atoms with E-state index in [-0.39, 0.29) is 23.1 Å². The highest BCUT2D eigenvalue weighted by molar-refractivity contribution is 7.11. The number of halogens is 2. The lowest BCUT2D eigenvalue weighted by atomic mass is 10.2. The van der Waals surface area contributed by atoms with Gasteiger partial charge in [0.1, 0.15) is 17.2 Å². The summed E-state index contributed by atoms with van der Waals surface area (Å²) in [6.45, 7) is 0.397. The summed E-state index contributed by atoms with van der Waals surface area (Å²) < 4.78 is 9.65. The summed E-state index contributed by atoms with van der Waals surface area (Å²) in [5.41, 5.74) is 6.93. The molecular weight excluding hydrogens is 439 g/mol. The van der Waals surface area contributed by atoms with E-state index in [1.165, 1.54) is 0 Å². The number of imidazole rings is 1. The van der Waals surface area contributed by atoms with Crippen molar-refractivity contribution in [2.75, 3.05) is 11.9 Å². The van der Waals surface area contributed by atoms with Crippen LogP contribution >= 0.6 is 34.7 Å². The molecule has 5 N–H and O–H groups in total. The standard InChI is InChI=1S/C17H16Cl2N6O3S/c18-11-3-1-2-9(13(11)19)7-28-15-12(14(20)26)16(29-25-15)24-17(27)22-5-4-10-6-21-8-23-10/h1-3,6,8H,4-5,7H2,(H2,20,26)(H,21,23)(H2,22,24,27). The quantitative estimate of drug-likeness (QED) is 0.414. The van der Waals surface area contributed by atoms with Gasteiger partial charge in [-0.05, 0) is 17.6 Å². The summed E-state index contributed by atoms with van der Waals surface area (Å²) in [6, 6.07) is 4.61. The smallest absolute Gasteiger partial charge is 0.319 e. The number of nitrogens with zero attached hydrogens (tertiary/aromatic N) is 2. The van der Waals surface area contributed by atoms with E-state index >= 15 is 0 Å². The number of amides is 3. The minimum absolute atomic E-state index is 0.00584. The summed E-state index contributed by atoms with van der Waals surface area (Å²) in [6.07, 6.45) is 3.81. The molecule has 0 aliphatic heterocycles. The van der Waals surface area contributed by atoms with Gasteiger partial charge < -0.3 is 20.8 Å². The maximum Gasteiger partial charge on any atom is 0.319 e. The molecule has 0 fully saturated rings. The molecule has 3 aromatic rings. The number of nitrogens with two attached hydrogens (primary N) is 1. The Hall–Kier alpha value is -2.82. The van der Waals surface area contributed by atoms with Crippen molar-refractivity contribution in [1.29, 1.82) is 0 Å². The molecule has 1 aromatic carbocycles. The van der Waals surface area contributed by atoms with Crippen LogP contribution in [0.4, 0.5) is 9.80 Å². The number of carbonyl (C=O) groups is 2. The fourth-order valence-corrected chi connectivity index (χ4v) is 3.47. The highest BCUT2D eigenvalue weighted by atomic mass is 35.5. The molecule has 0 saturated carbocycles. The van der Waals surface area contributed by atoms with E-state index in [1.807, 2.05) is 0 Å². The fourth-order valence-electron chi connectivity index (χ4n) is 2.36. The molecule has 0 bridgehead atoms. The molecule has 0 aliphatic rings. The Balaban J connectivity index is 1.62. The monoisotopic (exact) mass is 454 g/mol. The molecule has 0 spiro atoms. The zero-order valence-corrected chi connectivity index (χ0v) is 17.2. The third kappa shape index (κ3) is 5.37. The Bertz CT molecular complexity index is 1010. The Morgan fingerprint density at radius 3 is 2.86 bits per heavy atom. The number of rotatable bonds is 8. The molecular formula is C17H16Cl2N6O3S. The SMILES string of the molecule is NC(=O)c1c(OCc2cccc(Cl)c2Cl)nsc1NC(=O)NCCc1cnc[nH]1. The van der Waals surface area contributed by atoms with Gasteiger partial charge in [-0.1, -0.05) is 35.3 Å². The van der Waals surface area contributed by atoms with Crippen molar-refractivity contribution < 1.29 is 14.3 Å². The number of ether oxygens (including phenoxy) is 1. The van der Waals surface area contributed by atoms with E-state index in [0.717, 1.165) is 17.2 Å². The number of anilines is 1. The number of H-pyrrole nitrogens is 1. The second-order valence-corrected chi connectivity index (χ2v) is 7.32. The molecule has 0 aliphatic carbocycles. The number of hydrogen-bond donors (Lipinski definition) is 4. The Kier molecular flexibility index (Phi) is 6.91. The number of benzene rings is 1. The van der Waals surface area contributed by atoms with Crippen molar-refractivity contribution in [1.82, 2.24) is 19.7 Å². The number of nitrogens with one attached hydrogen (secondary N) is 3. The first kappa shape index (κ1) is 20.9. The largest absolute Gasteiger partial charge is 0.472 e. The predicted molar refractivity (Wildman–Crippen MR) is 111 cm³/mol. The van der Waals surface area contributed by atoms with Gasteiger partial charge in [0.2, 0.25) is 5.88 Å². The van der Waals surface area contributed by atoms with Gasteiger partial charge in [0.05, 0.1) is 16.4 Å². The summed E-state index contributed by atoms with van der Waals surface area (Å²) in [4.78, 5) is 30.8. The van der Waals surface area contributed by atoms with Crippen LogP contribution in [-0.2, 0) is 13.0 Å². The van der Waals surface area contributed by atoms with Gasteiger partial charge >= 0.3 is 6.03 Å². The summed E-state index contributed by atoms with van der Waals surface area (Å²) in [7, 11) is 0. The number of carbonyl (C=O) groups excluding carboxylic acids is 2. The molecule has 12 heteroatoms. The predicted octanol–water partition coefficient (Wildman–Crippen LogP) is 3.22. The first-order chi connectivity index (χ1) is 14.0. The Labute approximate surface area is 179 Å². The second-order valence-electron chi connectivity index (χ2n) is 5.77. The lowest BCUT2D eigenvalue weighted by molar-refractivity contribution is 0.0996. The van der Waals surface area contributed by atoms with E-state index < -0.39 is 11.9 Å². The summed E-state index contributed by atoms with van der Waals surface area (Å²) in [5, 5.41) is 6.15. The molecule has 152 valence electrons. The second kappa shape index (κ2) is 9.59. The molecule has 2 aromatic heterocycles. The van der Waals surface area contributed by atoms with Gasteiger partial charge in [0.25, 0.3) is 5.91 Å². The number of aromatic nitrogens is 3. The molecule has 0 radical (unpaired) electrons. The van der Waals surface area contributed by atoms with E-state index in [4.69, 9.17) is 33.7 Å². The van der Waals surface area contributed by atoms with Crippen LogP contribution in [0.5, 0.6) is 5.88 Å². The van der Waals surface area contributed by atoms with Crippen LogP contribution in [0.25, 0.3) is 0 Å². The molecule has 3 rings (SSSR count). The zero-order valence-electron chi connectivity index (χ0n) is 14.9. The van der Waals surface area contributed by atoms with Crippen LogP contribution < -0.4 is 21.1 Å². The van der Waals surface area contributed by atoms with E-state index in [1.54, 1.807) is 30.7 Å². The van der Waals surface area contributed by atoms with Gasteiger partial charge in [0.15, 0.2) is 0 Å². The van der Waals surface area contributed by atoms with Crippen molar-refractivity contribution in [3.05, 3.63) is 57.6 Å². The average Bonchev–Trinajstić information content (AvgIpc) is 3.33. The van der Waals surface area contributed by atoms with Crippen molar-refractivity contribution in [2.45, 2.75) is 13.0 Å². The minimum atomic E-state index is -0.779. The van der Waals surface area contributed by atoms with Gasteiger partial charge in [-0.2, -0.15) is 4.37 Å². The average molecular weight is 455 g/mol. The third-order valence-electron chi connectivity index (χ3n) is 3.76. The van der Waals surface area contributed by atoms with Gasteiger partial charge in [-0.15, -0.1) is 0 Å². The molecule has 0 unspecified atom stereocenters. The number of aromatic amines is 1. The number of hydrogen-bond acceptors (Lipinski definition) is 6. The normalized spacial score (nSPS) is 10.6. The molecule has 0 atom stereocenters.